The molecular weight excluding hydrogens is 271 g/mol. The number of likely N-dealkylation sites (tertiary alicyclic amines) is 1. The molecule has 1 heterocycles. The number of hydrogen-bond acceptors (Lipinski definition) is 4. The van der Waals surface area contributed by atoms with Crippen LogP contribution >= 0.6 is 0 Å². The topological polar surface area (TPSA) is 46.6 Å². The molecule has 0 N–H and O–H groups in total. The summed E-state index contributed by atoms with van der Waals surface area (Å²) in [5.74, 6) is 0. The summed E-state index contributed by atoms with van der Waals surface area (Å²) in [6.07, 6.45) is 1.87. The van der Waals surface area contributed by atoms with Crippen molar-refractivity contribution in [3.8, 4) is 0 Å². The Kier molecular flexibility index (Phi) is 5.42. The van der Waals surface area contributed by atoms with Crippen molar-refractivity contribution in [2.75, 3.05) is 19.6 Å². The van der Waals surface area contributed by atoms with Gasteiger partial charge in [-0.05, 0) is 25.8 Å². The Morgan fingerprint density at radius 2 is 1.83 bits per heavy atom. The van der Waals surface area contributed by atoms with Crippen LogP contribution in [0.3, 0.4) is 0 Å². The predicted octanol–water partition coefficient (Wildman–Crippen LogP) is 2.12. The molecule has 1 aliphatic heterocycles. The van der Waals surface area contributed by atoms with E-state index in [-0.39, 0.29) is 0 Å². The van der Waals surface area contributed by atoms with E-state index >= 15 is 0 Å². The molecule has 0 aromatic carbocycles. The smallest absolute Gasteiger partial charge is 0.303 e. The van der Waals surface area contributed by atoms with Crippen LogP contribution < -0.4 is 0 Å². The van der Waals surface area contributed by atoms with Gasteiger partial charge in [0.1, 0.15) is 0 Å². The summed E-state index contributed by atoms with van der Waals surface area (Å²) in [5, 5.41) is 0. The monoisotopic (exact) mass is 289 g/mol. The molecule has 4 nitrogen and oxygen atoms in total. The molecule has 1 saturated heterocycles. The van der Waals surface area contributed by atoms with Gasteiger partial charge in [-0.1, -0.05) is 13.3 Å². The lowest BCUT2D eigenvalue weighted by Crippen LogP contribution is -2.40. The molecule has 0 radical (unpaired) electrons. The van der Waals surface area contributed by atoms with E-state index < -0.39 is 21.7 Å². The average Bonchev–Trinajstić information content (AvgIpc) is 2.26. The van der Waals surface area contributed by atoms with Crippen LogP contribution in [0.5, 0.6) is 0 Å². The van der Waals surface area contributed by atoms with Gasteiger partial charge in [-0.15, -0.1) is 0 Å². The summed E-state index contributed by atoms with van der Waals surface area (Å²) in [6, 6.07) is 0. The van der Waals surface area contributed by atoms with Crippen molar-refractivity contribution >= 4 is 10.1 Å². The van der Waals surface area contributed by atoms with Crippen molar-refractivity contribution in [1.82, 2.24) is 4.90 Å². The van der Waals surface area contributed by atoms with Crippen molar-refractivity contribution < 1.29 is 25.8 Å². The van der Waals surface area contributed by atoms with Gasteiger partial charge in [-0.3, -0.25) is 4.18 Å². The maximum Gasteiger partial charge on any atom is 0.523 e. The highest BCUT2D eigenvalue weighted by Gasteiger charge is 2.48. The van der Waals surface area contributed by atoms with Gasteiger partial charge in [0.2, 0.25) is 0 Å². The van der Waals surface area contributed by atoms with Gasteiger partial charge in [-0.2, -0.15) is 21.6 Å². The molecule has 0 aromatic heterocycles. The van der Waals surface area contributed by atoms with Crippen LogP contribution in [-0.2, 0) is 14.3 Å². The summed E-state index contributed by atoms with van der Waals surface area (Å²) in [4.78, 5) is 2.11. The van der Waals surface area contributed by atoms with E-state index in [2.05, 4.69) is 16.0 Å². The summed E-state index contributed by atoms with van der Waals surface area (Å²) >= 11 is 0. The minimum atomic E-state index is -5.45. The highest BCUT2D eigenvalue weighted by Crippen LogP contribution is 2.28. The number of halogens is 3. The van der Waals surface area contributed by atoms with Crippen LogP contribution in [0.1, 0.15) is 32.6 Å². The second-order valence-corrected chi connectivity index (χ2v) is 5.95. The third-order valence-corrected chi connectivity index (χ3v) is 4.00. The number of nitrogens with zero attached hydrogens (tertiary/aromatic N) is 1. The maximum atomic E-state index is 12.1. The summed E-state index contributed by atoms with van der Waals surface area (Å²) in [5.41, 5.74) is -5.33. The van der Waals surface area contributed by atoms with E-state index in [1.54, 1.807) is 0 Å². The van der Waals surface area contributed by atoms with E-state index in [1.165, 1.54) is 0 Å². The van der Waals surface area contributed by atoms with Crippen molar-refractivity contribution in [2.24, 2.45) is 0 Å². The maximum absolute atomic E-state index is 12.1. The highest BCUT2D eigenvalue weighted by molar-refractivity contribution is 7.87. The molecule has 1 aliphatic rings. The van der Waals surface area contributed by atoms with Crippen LogP contribution in [0.4, 0.5) is 13.2 Å². The van der Waals surface area contributed by atoms with E-state index in [0.29, 0.717) is 25.9 Å². The standard InChI is InChI=1S/C10H18F3NO3S/c1-2-3-6-14-7-4-9(5-8-14)17-18(15,16)10(11,12)13/h9H,2-8H2,1H3. The molecule has 0 amide bonds. The zero-order valence-corrected chi connectivity index (χ0v) is 11.1. The summed E-state index contributed by atoms with van der Waals surface area (Å²) < 4.78 is 62.2. The van der Waals surface area contributed by atoms with Crippen molar-refractivity contribution in [2.45, 2.75) is 44.2 Å². The Morgan fingerprint density at radius 1 is 1.28 bits per heavy atom. The van der Waals surface area contributed by atoms with Crippen LogP contribution in [-0.4, -0.2) is 44.6 Å². The van der Waals surface area contributed by atoms with Gasteiger partial charge < -0.3 is 4.90 Å². The summed E-state index contributed by atoms with van der Waals surface area (Å²) in [6.45, 7) is 4.12. The van der Waals surface area contributed by atoms with Crippen LogP contribution in [0.2, 0.25) is 0 Å². The van der Waals surface area contributed by atoms with Crippen LogP contribution in [0.25, 0.3) is 0 Å². The lowest BCUT2D eigenvalue weighted by Gasteiger charge is -2.31. The van der Waals surface area contributed by atoms with E-state index in [4.69, 9.17) is 0 Å². The first-order valence-electron chi connectivity index (χ1n) is 5.98. The molecule has 1 rings (SSSR count). The molecule has 0 spiro atoms. The van der Waals surface area contributed by atoms with Crippen LogP contribution in [0, 0.1) is 0 Å². The summed E-state index contributed by atoms with van der Waals surface area (Å²) in [7, 11) is -5.45. The fraction of sp³-hybridized carbons (Fsp3) is 1.00. The Bertz CT molecular complexity index is 348. The van der Waals surface area contributed by atoms with Crippen molar-refractivity contribution in [1.29, 1.82) is 0 Å². The second kappa shape index (κ2) is 6.21. The zero-order valence-electron chi connectivity index (χ0n) is 10.2. The third kappa shape index (κ3) is 4.40. The molecule has 1 fully saturated rings. The molecule has 0 aliphatic carbocycles. The van der Waals surface area contributed by atoms with Gasteiger partial charge >= 0.3 is 15.6 Å². The molecule has 8 heteroatoms. The van der Waals surface area contributed by atoms with Crippen molar-refractivity contribution in [3.63, 3.8) is 0 Å². The first-order valence-corrected chi connectivity index (χ1v) is 7.39. The van der Waals surface area contributed by atoms with E-state index in [0.717, 1.165) is 19.4 Å². The lowest BCUT2D eigenvalue weighted by atomic mass is 10.1. The van der Waals surface area contributed by atoms with E-state index in [9.17, 15) is 21.6 Å². The Hall–Kier alpha value is -0.340. The molecule has 0 atom stereocenters. The number of unbranched alkanes of at least 4 members (excludes halogenated alkanes) is 1. The minimum Gasteiger partial charge on any atom is -0.303 e. The van der Waals surface area contributed by atoms with Gasteiger partial charge in [0, 0.05) is 13.1 Å². The fourth-order valence-electron chi connectivity index (χ4n) is 1.84. The van der Waals surface area contributed by atoms with E-state index in [1.807, 2.05) is 0 Å². The number of rotatable bonds is 5. The highest BCUT2D eigenvalue weighted by atomic mass is 32.2. The number of alkyl halides is 3. The van der Waals surface area contributed by atoms with Gasteiger partial charge in [0.25, 0.3) is 0 Å². The SMILES string of the molecule is CCCCN1CCC(OS(=O)(=O)C(F)(F)F)CC1. The van der Waals surface area contributed by atoms with Gasteiger partial charge in [-0.25, -0.2) is 0 Å². The number of hydrogen-bond donors (Lipinski definition) is 0. The predicted molar refractivity (Wildman–Crippen MR) is 60.4 cm³/mol. The lowest BCUT2D eigenvalue weighted by molar-refractivity contribution is -0.0594. The first kappa shape index (κ1) is 15.7. The molecule has 18 heavy (non-hydrogen) atoms. The molecular formula is C10H18F3NO3S. The van der Waals surface area contributed by atoms with Gasteiger partial charge in [0.15, 0.2) is 0 Å². The normalized spacial score (nSPS) is 20.2. The largest absolute Gasteiger partial charge is 0.523 e. The average molecular weight is 289 g/mol. The molecule has 0 aromatic rings. The third-order valence-electron chi connectivity index (χ3n) is 2.91. The minimum absolute atomic E-state index is 0.318. The Labute approximate surface area is 105 Å². The zero-order chi connectivity index (χ0) is 13.8. The van der Waals surface area contributed by atoms with Crippen molar-refractivity contribution in [3.05, 3.63) is 0 Å². The van der Waals surface area contributed by atoms with Gasteiger partial charge in [0.05, 0.1) is 6.10 Å². The molecule has 0 saturated carbocycles. The Morgan fingerprint density at radius 3 is 2.28 bits per heavy atom. The fourth-order valence-corrected chi connectivity index (χ4v) is 2.50. The number of piperidine rings is 1. The van der Waals surface area contributed by atoms with Crippen LogP contribution in [0.15, 0.2) is 0 Å². The molecule has 108 valence electrons. The Balaban J connectivity index is 2.40. The quantitative estimate of drug-likeness (QED) is 0.574. The first-order chi connectivity index (χ1) is 8.26. The second-order valence-electron chi connectivity index (χ2n) is 4.39. The molecule has 0 unspecified atom stereocenters. The molecule has 0 bridgehead atoms.